The Balaban J connectivity index is 1.97. The quantitative estimate of drug-likeness (QED) is 0.711. The summed E-state index contributed by atoms with van der Waals surface area (Å²) < 4.78 is 4.59. The van der Waals surface area contributed by atoms with Gasteiger partial charge in [0, 0.05) is 12.5 Å². The van der Waals surface area contributed by atoms with Gasteiger partial charge in [-0.2, -0.15) is 0 Å². The van der Waals surface area contributed by atoms with Crippen molar-refractivity contribution in [1.82, 2.24) is 15.3 Å². The summed E-state index contributed by atoms with van der Waals surface area (Å²) in [5.74, 6) is 0.475. The first-order valence-corrected chi connectivity index (χ1v) is 5.15. The number of nitrogens with zero attached hydrogens (tertiary/aromatic N) is 1. The lowest BCUT2D eigenvalue weighted by molar-refractivity contribution is 0.0594. The van der Waals surface area contributed by atoms with Crippen molar-refractivity contribution in [1.29, 1.82) is 0 Å². The molecule has 0 aliphatic carbocycles. The van der Waals surface area contributed by atoms with Gasteiger partial charge in [0.15, 0.2) is 0 Å². The number of aromatic nitrogens is 2. The maximum absolute atomic E-state index is 11.2. The smallest absolute Gasteiger partial charge is 0.356 e. The standard InChI is InChI=1S/C10H15N3O2/c1-15-10(14)8-6-12-9(13-8)5-7-3-2-4-11-7/h6-7,11H,2-5H2,1H3,(H,12,13). The molecule has 1 aliphatic rings. The van der Waals surface area contributed by atoms with E-state index < -0.39 is 0 Å². The monoisotopic (exact) mass is 209 g/mol. The van der Waals surface area contributed by atoms with Gasteiger partial charge in [-0.05, 0) is 19.4 Å². The van der Waals surface area contributed by atoms with Crippen molar-refractivity contribution in [2.45, 2.75) is 25.3 Å². The van der Waals surface area contributed by atoms with Crippen LogP contribution in [-0.2, 0) is 11.2 Å². The van der Waals surface area contributed by atoms with E-state index in [0.717, 1.165) is 18.8 Å². The third-order valence-corrected chi connectivity index (χ3v) is 2.64. The van der Waals surface area contributed by atoms with E-state index in [2.05, 4.69) is 20.0 Å². The number of esters is 1. The number of carbonyl (C=O) groups excluding carboxylic acids is 1. The van der Waals surface area contributed by atoms with E-state index in [9.17, 15) is 4.79 Å². The number of hydrogen-bond donors (Lipinski definition) is 2. The van der Waals surface area contributed by atoms with Gasteiger partial charge in [-0.25, -0.2) is 9.78 Å². The molecule has 1 fully saturated rings. The molecule has 0 aromatic carbocycles. The lowest BCUT2D eigenvalue weighted by atomic mass is 10.1. The number of carbonyl (C=O) groups is 1. The fourth-order valence-electron chi connectivity index (χ4n) is 1.84. The van der Waals surface area contributed by atoms with Crippen LogP contribution in [-0.4, -0.2) is 35.6 Å². The highest BCUT2D eigenvalue weighted by molar-refractivity contribution is 5.86. The molecule has 0 spiro atoms. The number of aromatic amines is 1. The Morgan fingerprint density at radius 3 is 3.27 bits per heavy atom. The predicted octanol–water partition coefficient (Wildman–Crippen LogP) is 0.491. The molecule has 15 heavy (non-hydrogen) atoms. The Kier molecular flexibility index (Phi) is 3.01. The molecule has 5 nitrogen and oxygen atoms in total. The molecule has 2 rings (SSSR count). The number of hydrogen-bond acceptors (Lipinski definition) is 4. The van der Waals surface area contributed by atoms with Crippen LogP contribution in [0.4, 0.5) is 0 Å². The van der Waals surface area contributed by atoms with E-state index in [1.807, 2.05) is 0 Å². The molecule has 1 unspecified atom stereocenters. The number of imidazole rings is 1. The second-order valence-corrected chi connectivity index (χ2v) is 3.73. The first-order valence-electron chi connectivity index (χ1n) is 5.15. The minimum absolute atomic E-state index is 0.367. The maximum Gasteiger partial charge on any atom is 0.356 e. The molecular weight excluding hydrogens is 194 g/mol. The highest BCUT2D eigenvalue weighted by atomic mass is 16.5. The highest BCUT2D eigenvalue weighted by Gasteiger charge is 2.17. The Morgan fingerprint density at radius 1 is 1.73 bits per heavy atom. The van der Waals surface area contributed by atoms with Crippen LogP contribution in [0.1, 0.15) is 29.2 Å². The molecule has 5 heteroatoms. The van der Waals surface area contributed by atoms with E-state index in [4.69, 9.17) is 0 Å². The van der Waals surface area contributed by atoms with Crippen LogP contribution in [0.5, 0.6) is 0 Å². The van der Waals surface area contributed by atoms with Gasteiger partial charge in [0.25, 0.3) is 0 Å². The third-order valence-electron chi connectivity index (χ3n) is 2.64. The SMILES string of the molecule is COC(=O)c1cnc(CC2CCCN2)[nH]1. The number of H-pyrrole nitrogens is 1. The normalized spacial score (nSPS) is 20.5. The van der Waals surface area contributed by atoms with Gasteiger partial charge in [-0.1, -0.05) is 0 Å². The zero-order chi connectivity index (χ0) is 10.7. The molecule has 0 bridgehead atoms. The van der Waals surface area contributed by atoms with Gasteiger partial charge < -0.3 is 15.0 Å². The van der Waals surface area contributed by atoms with Gasteiger partial charge in [-0.3, -0.25) is 0 Å². The summed E-state index contributed by atoms with van der Waals surface area (Å²) in [5, 5.41) is 3.38. The summed E-state index contributed by atoms with van der Waals surface area (Å²) in [6.45, 7) is 1.08. The molecule has 2 heterocycles. The van der Waals surface area contributed by atoms with Crippen molar-refractivity contribution in [3.8, 4) is 0 Å². The van der Waals surface area contributed by atoms with E-state index in [-0.39, 0.29) is 5.97 Å². The van der Waals surface area contributed by atoms with Crippen LogP contribution in [0.2, 0.25) is 0 Å². The minimum atomic E-state index is -0.367. The fraction of sp³-hybridized carbons (Fsp3) is 0.600. The van der Waals surface area contributed by atoms with Crippen molar-refractivity contribution in [3.63, 3.8) is 0 Å². The summed E-state index contributed by atoms with van der Waals surface area (Å²) in [5.41, 5.74) is 0.422. The van der Waals surface area contributed by atoms with E-state index in [1.54, 1.807) is 0 Å². The van der Waals surface area contributed by atoms with Crippen molar-refractivity contribution in [3.05, 3.63) is 17.7 Å². The molecule has 1 aromatic rings. The summed E-state index contributed by atoms with van der Waals surface area (Å²) in [6, 6.07) is 0.488. The summed E-state index contributed by atoms with van der Waals surface area (Å²) in [6.07, 6.45) is 4.76. The van der Waals surface area contributed by atoms with Gasteiger partial charge in [0.2, 0.25) is 0 Å². The third kappa shape index (κ3) is 2.36. The van der Waals surface area contributed by atoms with E-state index in [0.29, 0.717) is 11.7 Å². The average Bonchev–Trinajstić information content (AvgIpc) is 2.88. The molecule has 82 valence electrons. The number of methoxy groups -OCH3 is 1. The molecule has 0 radical (unpaired) electrons. The number of ether oxygens (including phenoxy) is 1. The highest BCUT2D eigenvalue weighted by Crippen LogP contribution is 2.10. The lowest BCUT2D eigenvalue weighted by Gasteiger charge is -2.06. The lowest BCUT2D eigenvalue weighted by Crippen LogP contribution is -2.24. The van der Waals surface area contributed by atoms with Crippen LogP contribution < -0.4 is 5.32 Å². The van der Waals surface area contributed by atoms with Crippen LogP contribution in [0, 0.1) is 0 Å². The van der Waals surface area contributed by atoms with Crippen LogP contribution in [0.25, 0.3) is 0 Å². The Bertz CT molecular complexity index is 342. The van der Waals surface area contributed by atoms with Gasteiger partial charge in [0.05, 0.1) is 13.3 Å². The van der Waals surface area contributed by atoms with Crippen LogP contribution in [0.15, 0.2) is 6.20 Å². The molecule has 1 aliphatic heterocycles. The Morgan fingerprint density at radius 2 is 2.60 bits per heavy atom. The van der Waals surface area contributed by atoms with Gasteiger partial charge >= 0.3 is 5.97 Å². The van der Waals surface area contributed by atoms with E-state index in [1.165, 1.54) is 26.1 Å². The van der Waals surface area contributed by atoms with Crippen molar-refractivity contribution >= 4 is 5.97 Å². The summed E-state index contributed by atoms with van der Waals surface area (Å²) in [7, 11) is 1.36. The Hall–Kier alpha value is -1.36. The molecule has 1 saturated heterocycles. The zero-order valence-electron chi connectivity index (χ0n) is 8.75. The molecule has 1 atom stereocenters. The molecule has 0 saturated carbocycles. The maximum atomic E-state index is 11.2. The minimum Gasteiger partial charge on any atom is -0.464 e. The fourth-order valence-corrected chi connectivity index (χ4v) is 1.84. The molecular formula is C10H15N3O2. The van der Waals surface area contributed by atoms with Crippen LogP contribution >= 0.6 is 0 Å². The average molecular weight is 209 g/mol. The van der Waals surface area contributed by atoms with Crippen molar-refractivity contribution in [2.75, 3.05) is 13.7 Å². The Labute approximate surface area is 88.2 Å². The summed E-state index contributed by atoms with van der Waals surface area (Å²) in [4.78, 5) is 18.3. The van der Waals surface area contributed by atoms with Crippen LogP contribution in [0.3, 0.4) is 0 Å². The van der Waals surface area contributed by atoms with E-state index >= 15 is 0 Å². The van der Waals surface area contributed by atoms with Crippen molar-refractivity contribution < 1.29 is 9.53 Å². The summed E-state index contributed by atoms with van der Waals surface area (Å²) >= 11 is 0. The largest absolute Gasteiger partial charge is 0.464 e. The zero-order valence-corrected chi connectivity index (χ0v) is 8.75. The number of nitrogens with one attached hydrogen (secondary N) is 2. The first-order chi connectivity index (χ1) is 7.29. The molecule has 2 N–H and O–H groups in total. The predicted molar refractivity (Wildman–Crippen MR) is 54.7 cm³/mol. The van der Waals surface area contributed by atoms with Crippen molar-refractivity contribution in [2.24, 2.45) is 0 Å². The van der Waals surface area contributed by atoms with Gasteiger partial charge in [0.1, 0.15) is 11.5 Å². The second kappa shape index (κ2) is 4.44. The number of rotatable bonds is 3. The molecule has 1 aromatic heterocycles. The molecule has 0 amide bonds. The van der Waals surface area contributed by atoms with Gasteiger partial charge in [-0.15, -0.1) is 0 Å². The second-order valence-electron chi connectivity index (χ2n) is 3.73. The first kappa shape index (κ1) is 10.2. The topological polar surface area (TPSA) is 67.0 Å².